The van der Waals surface area contributed by atoms with E-state index in [1.54, 1.807) is 17.6 Å². The number of alkyl halides is 2. The minimum atomic E-state index is -2.75. The van der Waals surface area contributed by atoms with E-state index in [4.69, 9.17) is 0 Å². The van der Waals surface area contributed by atoms with Gasteiger partial charge in [0.05, 0.1) is 11.7 Å². The molecule has 1 aliphatic heterocycles. The van der Waals surface area contributed by atoms with Gasteiger partial charge in [-0.3, -0.25) is 0 Å². The van der Waals surface area contributed by atoms with Crippen molar-refractivity contribution in [3.05, 3.63) is 59.2 Å². The van der Waals surface area contributed by atoms with E-state index in [0.29, 0.717) is 17.2 Å². The van der Waals surface area contributed by atoms with Crippen molar-refractivity contribution in [2.45, 2.75) is 44.7 Å². The fourth-order valence-electron chi connectivity index (χ4n) is 4.83. The molecule has 1 fully saturated rings. The van der Waals surface area contributed by atoms with Crippen LogP contribution in [0.3, 0.4) is 0 Å². The number of aromatic nitrogens is 5. The number of imidazole rings is 1. The Balaban J connectivity index is 1.37. The summed E-state index contributed by atoms with van der Waals surface area (Å²) in [5.74, 6) is -3.11. The number of rotatable bonds is 4. The molecule has 4 aromatic rings. The van der Waals surface area contributed by atoms with Crippen molar-refractivity contribution in [2.75, 3.05) is 11.9 Å². The number of hydrogen-bond acceptors (Lipinski definition) is 6. The van der Waals surface area contributed by atoms with Crippen LogP contribution in [0.4, 0.5) is 29.3 Å². The Morgan fingerprint density at radius 1 is 1.09 bits per heavy atom. The smallest absolute Gasteiger partial charge is 0.252 e. The van der Waals surface area contributed by atoms with E-state index in [2.05, 4.69) is 30.6 Å². The summed E-state index contributed by atoms with van der Waals surface area (Å²) in [6.07, 6.45) is 1.11. The van der Waals surface area contributed by atoms with Crippen LogP contribution < -0.4 is 10.6 Å². The largest absolute Gasteiger partial charge is 0.325 e. The van der Waals surface area contributed by atoms with Gasteiger partial charge in [-0.15, -0.1) is 0 Å². The standard InChI is InChI=1S/C24H21F4N7/c1-12-31-22-16(25)6-14(7-19(22)35(12)15-8-24(27,28)9-15)21-17(26)11-30-23(34-21)33-20-3-2-13-10-29-5-4-18(13)32-20/h2-3,6-7,11,15,29H,4-5,8-10H2,1H3,(H,30,32,33,34). The van der Waals surface area contributed by atoms with E-state index in [-0.39, 0.29) is 35.6 Å². The monoisotopic (exact) mass is 483 g/mol. The molecule has 1 aliphatic carbocycles. The number of aryl methyl sites for hydroxylation is 1. The van der Waals surface area contributed by atoms with Gasteiger partial charge in [0.15, 0.2) is 11.6 Å². The van der Waals surface area contributed by atoms with Crippen molar-refractivity contribution >= 4 is 22.8 Å². The molecule has 0 spiro atoms. The molecule has 35 heavy (non-hydrogen) atoms. The molecule has 0 saturated heterocycles. The second-order valence-electron chi connectivity index (χ2n) is 9.02. The van der Waals surface area contributed by atoms with Crippen LogP contribution in [0.2, 0.25) is 0 Å². The van der Waals surface area contributed by atoms with Crippen molar-refractivity contribution in [2.24, 2.45) is 0 Å². The molecule has 2 N–H and O–H groups in total. The van der Waals surface area contributed by atoms with Gasteiger partial charge in [0.2, 0.25) is 5.95 Å². The number of fused-ring (bicyclic) bond motifs is 2. The fraction of sp³-hybridized carbons (Fsp3) is 0.333. The lowest BCUT2D eigenvalue weighted by Crippen LogP contribution is -2.37. The van der Waals surface area contributed by atoms with Gasteiger partial charge in [-0.2, -0.15) is 0 Å². The average Bonchev–Trinajstić information content (AvgIpc) is 3.14. The number of pyridine rings is 1. The lowest BCUT2D eigenvalue weighted by atomic mass is 9.87. The van der Waals surface area contributed by atoms with Gasteiger partial charge >= 0.3 is 0 Å². The van der Waals surface area contributed by atoms with Crippen LogP contribution in [0.25, 0.3) is 22.3 Å². The Morgan fingerprint density at radius 2 is 1.91 bits per heavy atom. The van der Waals surface area contributed by atoms with E-state index in [0.717, 1.165) is 43.0 Å². The molecule has 11 heteroatoms. The van der Waals surface area contributed by atoms with Gasteiger partial charge in [0.1, 0.15) is 22.9 Å². The molecule has 0 bridgehead atoms. The first-order chi connectivity index (χ1) is 16.8. The summed E-state index contributed by atoms with van der Waals surface area (Å²) in [5.41, 5.74) is 2.51. The van der Waals surface area contributed by atoms with Gasteiger partial charge in [0, 0.05) is 49.7 Å². The Labute approximate surface area is 197 Å². The average molecular weight is 483 g/mol. The molecule has 0 amide bonds. The zero-order chi connectivity index (χ0) is 24.3. The van der Waals surface area contributed by atoms with Crippen LogP contribution in [-0.4, -0.2) is 37.0 Å². The van der Waals surface area contributed by atoms with Crippen LogP contribution in [0.5, 0.6) is 0 Å². The number of halogens is 4. The van der Waals surface area contributed by atoms with Crippen LogP contribution in [-0.2, 0) is 13.0 Å². The maximum absolute atomic E-state index is 15.0. The van der Waals surface area contributed by atoms with Gasteiger partial charge in [0.25, 0.3) is 5.92 Å². The van der Waals surface area contributed by atoms with Crippen molar-refractivity contribution in [3.8, 4) is 11.3 Å². The zero-order valence-corrected chi connectivity index (χ0v) is 18.7. The van der Waals surface area contributed by atoms with Crippen LogP contribution in [0.1, 0.15) is 36.0 Å². The summed E-state index contributed by atoms with van der Waals surface area (Å²) in [7, 11) is 0. The van der Waals surface area contributed by atoms with E-state index in [1.807, 2.05) is 6.07 Å². The minimum absolute atomic E-state index is 0.0574. The maximum atomic E-state index is 15.0. The van der Waals surface area contributed by atoms with Crippen molar-refractivity contribution in [3.63, 3.8) is 0 Å². The summed E-state index contributed by atoms with van der Waals surface area (Å²) < 4.78 is 58.4. The van der Waals surface area contributed by atoms with Crippen molar-refractivity contribution < 1.29 is 17.6 Å². The van der Waals surface area contributed by atoms with Gasteiger partial charge in [-0.05, 0) is 30.7 Å². The molecule has 180 valence electrons. The summed E-state index contributed by atoms with van der Waals surface area (Å²) in [6.45, 7) is 3.23. The summed E-state index contributed by atoms with van der Waals surface area (Å²) >= 11 is 0. The molecule has 0 atom stereocenters. The SMILES string of the molecule is Cc1nc2c(F)cc(-c3nc(Nc4ccc5c(n4)CCNC5)ncc3F)cc2n1C1CC(F)(F)C1. The number of hydrogen-bond donors (Lipinski definition) is 2. The fourth-order valence-corrected chi connectivity index (χ4v) is 4.83. The normalized spacial score (nSPS) is 17.3. The van der Waals surface area contributed by atoms with E-state index < -0.39 is 23.6 Å². The third kappa shape index (κ3) is 3.89. The number of benzene rings is 1. The molecular formula is C24H21F4N7. The number of nitrogens with one attached hydrogen (secondary N) is 2. The second kappa shape index (κ2) is 7.98. The highest BCUT2D eigenvalue weighted by molar-refractivity contribution is 5.83. The van der Waals surface area contributed by atoms with Crippen LogP contribution in [0.15, 0.2) is 30.5 Å². The Bertz CT molecular complexity index is 1460. The highest BCUT2D eigenvalue weighted by Crippen LogP contribution is 2.47. The van der Waals surface area contributed by atoms with Gasteiger partial charge in [-0.1, -0.05) is 6.07 Å². The molecule has 1 saturated carbocycles. The highest BCUT2D eigenvalue weighted by Gasteiger charge is 2.47. The Morgan fingerprint density at radius 3 is 2.71 bits per heavy atom. The third-order valence-electron chi connectivity index (χ3n) is 6.54. The minimum Gasteiger partial charge on any atom is -0.325 e. The van der Waals surface area contributed by atoms with Crippen molar-refractivity contribution in [1.29, 1.82) is 0 Å². The summed E-state index contributed by atoms with van der Waals surface area (Å²) in [4.78, 5) is 17.1. The maximum Gasteiger partial charge on any atom is 0.252 e. The zero-order valence-electron chi connectivity index (χ0n) is 18.7. The first-order valence-electron chi connectivity index (χ1n) is 11.3. The Kier molecular flexibility index (Phi) is 4.99. The first kappa shape index (κ1) is 21.9. The van der Waals surface area contributed by atoms with Crippen molar-refractivity contribution in [1.82, 2.24) is 29.8 Å². The van der Waals surface area contributed by atoms with Gasteiger partial charge in [-0.25, -0.2) is 37.5 Å². The molecule has 7 nitrogen and oxygen atoms in total. The Hall–Kier alpha value is -3.60. The third-order valence-corrected chi connectivity index (χ3v) is 6.54. The lowest BCUT2D eigenvalue weighted by Gasteiger charge is -2.36. The predicted octanol–water partition coefficient (Wildman–Crippen LogP) is 4.83. The first-order valence-corrected chi connectivity index (χ1v) is 11.3. The summed E-state index contributed by atoms with van der Waals surface area (Å²) in [6, 6.07) is 5.93. The summed E-state index contributed by atoms with van der Waals surface area (Å²) in [5, 5.41) is 6.27. The van der Waals surface area contributed by atoms with Crippen LogP contribution in [0, 0.1) is 18.6 Å². The molecule has 3 aromatic heterocycles. The molecule has 4 heterocycles. The highest BCUT2D eigenvalue weighted by atomic mass is 19.3. The quantitative estimate of drug-likeness (QED) is 0.405. The molecule has 1 aromatic carbocycles. The predicted molar refractivity (Wildman–Crippen MR) is 122 cm³/mol. The number of nitrogens with zero attached hydrogens (tertiary/aromatic N) is 5. The second-order valence-corrected chi connectivity index (χ2v) is 9.02. The number of anilines is 2. The van der Waals surface area contributed by atoms with E-state index >= 15 is 0 Å². The molecule has 6 rings (SSSR count). The molecule has 2 aliphatic rings. The lowest BCUT2D eigenvalue weighted by molar-refractivity contribution is -0.103. The van der Waals surface area contributed by atoms with Crippen LogP contribution >= 0.6 is 0 Å². The molecular weight excluding hydrogens is 462 g/mol. The van der Waals surface area contributed by atoms with Gasteiger partial charge < -0.3 is 15.2 Å². The van der Waals surface area contributed by atoms with E-state index in [1.165, 1.54) is 6.07 Å². The molecule has 0 unspecified atom stereocenters. The van der Waals surface area contributed by atoms with E-state index in [9.17, 15) is 17.6 Å². The molecule has 0 radical (unpaired) electrons. The topological polar surface area (TPSA) is 80.6 Å².